The molecule has 6 nitrogen and oxygen atoms in total. The summed E-state index contributed by atoms with van der Waals surface area (Å²) >= 11 is 1.41. The van der Waals surface area contributed by atoms with Crippen LogP contribution in [0.5, 0.6) is 0 Å². The average Bonchev–Trinajstić information content (AvgIpc) is 3.08. The van der Waals surface area contributed by atoms with Crippen LogP contribution in [-0.4, -0.2) is 33.7 Å². The van der Waals surface area contributed by atoms with E-state index in [0.29, 0.717) is 11.6 Å². The maximum Gasteiger partial charge on any atom is 0.325 e. The molecule has 2 aromatic heterocycles. The van der Waals surface area contributed by atoms with Crippen LogP contribution in [-0.2, 0) is 10.3 Å². The highest BCUT2D eigenvalue weighted by Crippen LogP contribution is 2.38. The van der Waals surface area contributed by atoms with Gasteiger partial charge in [-0.1, -0.05) is 6.07 Å². The van der Waals surface area contributed by atoms with Gasteiger partial charge in [0.1, 0.15) is 0 Å². The summed E-state index contributed by atoms with van der Waals surface area (Å²) in [6.07, 6.45) is 2.27. The Morgan fingerprint density at radius 1 is 1.35 bits per heavy atom. The molecule has 1 aliphatic heterocycles. The minimum atomic E-state index is -1.10. The zero-order chi connectivity index (χ0) is 18.6. The van der Waals surface area contributed by atoms with Gasteiger partial charge >= 0.3 is 6.03 Å². The predicted molar refractivity (Wildman–Crippen MR) is 98.4 cm³/mol. The maximum atomic E-state index is 12.9. The van der Waals surface area contributed by atoms with Crippen molar-refractivity contribution in [3.63, 3.8) is 0 Å². The molecule has 1 saturated heterocycles. The number of aromatic nitrogens is 1. The molecule has 0 bridgehead atoms. The molecule has 4 rings (SSSR count). The van der Waals surface area contributed by atoms with Gasteiger partial charge in [-0.25, -0.2) is 4.79 Å². The summed E-state index contributed by atoms with van der Waals surface area (Å²) in [5.74, 6) is -0.585. The lowest BCUT2D eigenvalue weighted by molar-refractivity contribution is -0.130. The lowest BCUT2D eigenvalue weighted by Gasteiger charge is -2.19. The monoisotopic (exact) mass is 371 g/mol. The van der Waals surface area contributed by atoms with E-state index < -0.39 is 11.6 Å². The molecule has 1 N–H and O–H groups in total. The van der Waals surface area contributed by atoms with E-state index in [0.717, 1.165) is 34.0 Å². The first-order valence-corrected chi connectivity index (χ1v) is 9.60. The standard InChI is InChI=1S/C19H21N3O3S/c1-11-9-14(12(2)22(11)13-6-7-13)15(23)10-21-17(24)19(3,20-18(21)25)16-5-4-8-26-16/h4-5,8-9,13H,6-7,10H2,1-3H3,(H,20,25). The molecule has 7 heteroatoms. The number of nitrogens with zero attached hydrogens (tertiary/aromatic N) is 2. The van der Waals surface area contributed by atoms with Crippen LogP contribution in [0, 0.1) is 13.8 Å². The third-order valence-corrected chi connectivity index (χ3v) is 6.38. The highest BCUT2D eigenvalue weighted by Gasteiger charge is 2.50. The molecule has 1 aliphatic carbocycles. The predicted octanol–water partition coefficient (Wildman–Crippen LogP) is 3.15. The zero-order valence-electron chi connectivity index (χ0n) is 15.0. The number of thiophene rings is 1. The maximum absolute atomic E-state index is 12.9. The van der Waals surface area contributed by atoms with Crippen molar-refractivity contribution in [1.82, 2.24) is 14.8 Å². The molecule has 3 amide bonds. The summed E-state index contributed by atoms with van der Waals surface area (Å²) < 4.78 is 2.19. The van der Waals surface area contributed by atoms with Crippen LogP contribution in [0.3, 0.4) is 0 Å². The molecular weight excluding hydrogens is 350 g/mol. The minimum absolute atomic E-state index is 0.205. The van der Waals surface area contributed by atoms with Gasteiger partial charge in [-0.2, -0.15) is 0 Å². The number of ketones is 1. The number of Topliss-reactive ketones (excluding diaryl/α,β-unsaturated/α-hetero) is 1. The van der Waals surface area contributed by atoms with Crippen molar-refractivity contribution in [2.75, 3.05) is 6.54 Å². The van der Waals surface area contributed by atoms with E-state index in [1.54, 1.807) is 6.92 Å². The molecular formula is C19H21N3O3S. The molecule has 0 radical (unpaired) electrons. The number of hydrogen-bond donors (Lipinski definition) is 1. The summed E-state index contributed by atoms with van der Waals surface area (Å²) in [5, 5.41) is 4.60. The van der Waals surface area contributed by atoms with Gasteiger partial charge in [0.05, 0.1) is 6.54 Å². The van der Waals surface area contributed by atoms with Crippen molar-refractivity contribution in [1.29, 1.82) is 0 Å². The van der Waals surface area contributed by atoms with Gasteiger partial charge in [-0.05, 0) is 51.1 Å². The van der Waals surface area contributed by atoms with Gasteiger partial charge in [-0.15, -0.1) is 11.3 Å². The van der Waals surface area contributed by atoms with Gasteiger partial charge in [0, 0.05) is 27.9 Å². The quantitative estimate of drug-likeness (QED) is 0.648. The Kier molecular flexibility index (Phi) is 3.80. The number of urea groups is 1. The molecule has 1 atom stereocenters. The molecule has 26 heavy (non-hydrogen) atoms. The number of rotatable bonds is 5. The van der Waals surface area contributed by atoms with Crippen LogP contribution in [0.15, 0.2) is 23.6 Å². The molecule has 1 saturated carbocycles. The lowest BCUT2D eigenvalue weighted by atomic mass is 10.0. The number of imide groups is 1. The van der Waals surface area contributed by atoms with E-state index >= 15 is 0 Å². The number of aryl methyl sites for hydroxylation is 1. The lowest BCUT2D eigenvalue weighted by Crippen LogP contribution is -2.40. The topological polar surface area (TPSA) is 71.4 Å². The second-order valence-electron chi connectivity index (χ2n) is 7.23. The SMILES string of the molecule is Cc1cc(C(=O)CN2C(=O)NC(C)(c3cccs3)C2=O)c(C)n1C1CC1. The molecule has 1 unspecified atom stereocenters. The summed E-state index contributed by atoms with van der Waals surface area (Å²) in [7, 11) is 0. The van der Waals surface area contributed by atoms with E-state index in [1.807, 2.05) is 37.4 Å². The van der Waals surface area contributed by atoms with Crippen LogP contribution in [0.2, 0.25) is 0 Å². The Bertz CT molecular complexity index is 911. The number of carbonyl (C=O) groups excluding carboxylic acids is 3. The molecule has 0 spiro atoms. The van der Waals surface area contributed by atoms with Gasteiger partial charge < -0.3 is 9.88 Å². The molecule has 2 aliphatic rings. The smallest absolute Gasteiger partial charge is 0.325 e. The second kappa shape index (κ2) is 5.81. The number of amides is 3. The molecule has 136 valence electrons. The van der Waals surface area contributed by atoms with E-state index in [1.165, 1.54) is 11.3 Å². The molecule has 3 heterocycles. The largest absolute Gasteiger partial charge is 0.345 e. The van der Waals surface area contributed by atoms with Gasteiger partial charge in [-0.3, -0.25) is 14.5 Å². The van der Waals surface area contributed by atoms with Crippen LogP contribution in [0.4, 0.5) is 4.79 Å². The van der Waals surface area contributed by atoms with Gasteiger partial charge in [0.15, 0.2) is 11.3 Å². The highest BCUT2D eigenvalue weighted by atomic mass is 32.1. The summed E-state index contributed by atoms with van der Waals surface area (Å²) in [5.41, 5.74) is 1.47. The van der Waals surface area contributed by atoms with E-state index in [4.69, 9.17) is 0 Å². The van der Waals surface area contributed by atoms with E-state index in [9.17, 15) is 14.4 Å². The average molecular weight is 371 g/mol. The first kappa shape index (κ1) is 17.0. The Labute approximate surface area is 155 Å². The van der Waals surface area contributed by atoms with E-state index in [2.05, 4.69) is 9.88 Å². The minimum Gasteiger partial charge on any atom is -0.345 e. The Hall–Kier alpha value is -2.41. The van der Waals surface area contributed by atoms with Crippen molar-refractivity contribution in [3.05, 3.63) is 45.4 Å². The van der Waals surface area contributed by atoms with Crippen molar-refractivity contribution < 1.29 is 14.4 Å². The van der Waals surface area contributed by atoms with Crippen molar-refractivity contribution in [2.45, 2.75) is 45.2 Å². The van der Waals surface area contributed by atoms with Crippen molar-refractivity contribution in [2.24, 2.45) is 0 Å². The molecule has 0 aromatic carbocycles. The fourth-order valence-electron chi connectivity index (χ4n) is 3.75. The molecule has 2 aromatic rings. The normalized spacial score (nSPS) is 22.8. The second-order valence-corrected chi connectivity index (χ2v) is 8.18. The van der Waals surface area contributed by atoms with Crippen LogP contribution in [0.25, 0.3) is 0 Å². The fraction of sp³-hybridized carbons (Fsp3) is 0.421. The fourth-order valence-corrected chi connectivity index (χ4v) is 4.59. The first-order chi connectivity index (χ1) is 12.3. The van der Waals surface area contributed by atoms with E-state index in [-0.39, 0.29) is 18.2 Å². The third kappa shape index (κ3) is 2.49. The van der Waals surface area contributed by atoms with Crippen molar-refractivity contribution in [3.8, 4) is 0 Å². The third-order valence-electron chi connectivity index (χ3n) is 5.29. The summed E-state index contributed by atoms with van der Waals surface area (Å²) in [6, 6.07) is 5.49. The Morgan fingerprint density at radius 3 is 2.69 bits per heavy atom. The summed E-state index contributed by atoms with van der Waals surface area (Å²) in [4.78, 5) is 39.9. The highest BCUT2D eigenvalue weighted by molar-refractivity contribution is 7.10. The van der Waals surface area contributed by atoms with Crippen LogP contribution in [0.1, 0.15) is 52.4 Å². The van der Waals surface area contributed by atoms with Gasteiger partial charge in [0.2, 0.25) is 0 Å². The number of hydrogen-bond acceptors (Lipinski definition) is 4. The Morgan fingerprint density at radius 2 is 2.08 bits per heavy atom. The van der Waals surface area contributed by atoms with Crippen LogP contribution >= 0.6 is 11.3 Å². The number of nitrogens with one attached hydrogen (secondary N) is 1. The summed E-state index contributed by atoms with van der Waals surface area (Å²) in [6.45, 7) is 5.37. The van der Waals surface area contributed by atoms with Gasteiger partial charge in [0.25, 0.3) is 5.91 Å². The Balaban J connectivity index is 1.58. The zero-order valence-corrected chi connectivity index (χ0v) is 15.9. The van der Waals surface area contributed by atoms with Crippen molar-refractivity contribution >= 4 is 29.1 Å². The van der Waals surface area contributed by atoms with Crippen LogP contribution < -0.4 is 5.32 Å². The molecule has 2 fully saturated rings. The number of carbonyl (C=O) groups is 3. The first-order valence-electron chi connectivity index (χ1n) is 8.72.